The van der Waals surface area contributed by atoms with Crippen molar-refractivity contribution in [2.45, 2.75) is 12.8 Å². The molecule has 1 aliphatic heterocycles. The van der Waals surface area contributed by atoms with Gasteiger partial charge in [-0.1, -0.05) is 0 Å². The fourth-order valence-corrected chi connectivity index (χ4v) is 1.77. The van der Waals surface area contributed by atoms with E-state index in [0.29, 0.717) is 5.56 Å². The number of rotatable bonds is 3. The minimum atomic E-state index is -0.319. The molecule has 3 heteroatoms. The number of ketones is 1. The van der Waals surface area contributed by atoms with Crippen LogP contribution in [0.3, 0.4) is 0 Å². The number of benzene rings is 1. The average Bonchev–Trinajstić information content (AvgIpc) is 2.80. The molecule has 0 amide bonds. The maximum absolute atomic E-state index is 12.6. The molecular weight excluding hydrogens is 205 g/mol. The Kier molecular flexibility index (Phi) is 3.34. The maximum Gasteiger partial charge on any atom is 0.187 e. The van der Waals surface area contributed by atoms with E-state index in [9.17, 15) is 9.18 Å². The highest BCUT2D eigenvalue weighted by Gasteiger charge is 2.07. The molecule has 16 heavy (non-hydrogen) atoms. The van der Waals surface area contributed by atoms with Gasteiger partial charge in [-0.15, -0.1) is 0 Å². The summed E-state index contributed by atoms with van der Waals surface area (Å²) in [5.41, 5.74) is 0.525. The van der Waals surface area contributed by atoms with Gasteiger partial charge >= 0.3 is 0 Å². The monoisotopic (exact) mass is 219 g/mol. The molecule has 2 nitrogen and oxygen atoms in total. The van der Waals surface area contributed by atoms with Crippen molar-refractivity contribution in [2.75, 3.05) is 13.1 Å². The number of carbonyl (C=O) groups is 1. The van der Waals surface area contributed by atoms with Crippen molar-refractivity contribution in [1.82, 2.24) is 4.90 Å². The van der Waals surface area contributed by atoms with E-state index in [2.05, 4.69) is 4.90 Å². The van der Waals surface area contributed by atoms with Crippen molar-refractivity contribution in [3.8, 4) is 0 Å². The summed E-state index contributed by atoms with van der Waals surface area (Å²) >= 11 is 0. The Morgan fingerprint density at radius 2 is 1.81 bits per heavy atom. The summed E-state index contributed by atoms with van der Waals surface area (Å²) < 4.78 is 12.6. The number of hydrogen-bond acceptors (Lipinski definition) is 2. The first-order chi connectivity index (χ1) is 7.75. The first-order valence-electron chi connectivity index (χ1n) is 5.48. The van der Waals surface area contributed by atoms with E-state index in [1.807, 2.05) is 6.20 Å². The summed E-state index contributed by atoms with van der Waals surface area (Å²) in [6.07, 6.45) is 5.77. The highest BCUT2D eigenvalue weighted by molar-refractivity contribution is 6.04. The number of hydrogen-bond donors (Lipinski definition) is 0. The molecule has 1 aliphatic rings. The molecule has 2 rings (SSSR count). The molecule has 1 heterocycles. The van der Waals surface area contributed by atoms with Gasteiger partial charge in [0, 0.05) is 30.9 Å². The van der Waals surface area contributed by atoms with Crippen molar-refractivity contribution in [3.63, 3.8) is 0 Å². The van der Waals surface area contributed by atoms with Crippen LogP contribution in [0.1, 0.15) is 23.2 Å². The average molecular weight is 219 g/mol. The molecule has 0 aromatic heterocycles. The number of nitrogens with zero attached hydrogens (tertiary/aromatic N) is 1. The van der Waals surface area contributed by atoms with E-state index in [1.54, 1.807) is 6.08 Å². The van der Waals surface area contributed by atoms with Gasteiger partial charge in [0.1, 0.15) is 5.82 Å². The second-order valence-electron chi connectivity index (χ2n) is 3.93. The Morgan fingerprint density at radius 1 is 1.19 bits per heavy atom. The summed E-state index contributed by atoms with van der Waals surface area (Å²) in [5, 5.41) is 0. The quantitative estimate of drug-likeness (QED) is 0.575. The van der Waals surface area contributed by atoms with E-state index in [-0.39, 0.29) is 11.6 Å². The largest absolute Gasteiger partial charge is 0.377 e. The molecule has 0 bridgehead atoms. The first-order valence-corrected chi connectivity index (χ1v) is 5.48. The van der Waals surface area contributed by atoms with Crippen molar-refractivity contribution in [3.05, 3.63) is 47.9 Å². The molecule has 0 radical (unpaired) electrons. The maximum atomic E-state index is 12.6. The SMILES string of the molecule is O=C(C=CN1CCCC1)c1ccc(F)cc1. The molecule has 1 aromatic rings. The van der Waals surface area contributed by atoms with Crippen LogP contribution in [0.25, 0.3) is 0 Å². The van der Waals surface area contributed by atoms with Crippen molar-refractivity contribution in [1.29, 1.82) is 0 Å². The Morgan fingerprint density at radius 3 is 2.44 bits per heavy atom. The summed E-state index contributed by atoms with van der Waals surface area (Å²) in [7, 11) is 0. The van der Waals surface area contributed by atoms with E-state index in [1.165, 1.54) is 37.1 Å². The number of allylic oxidation sites excluding steroid dienone is 1. The van der Waals surface area contributed by atoms with E-state index in [0.717, 1.165) is 13.1 Å². The van der Waals surface area contributed by atoms with Gasteiger partial charge < -0.3 is 4.90 Å². The Bertz CT molecular complexity index is 391. The van der Waals surface area contributed by atoms with Crippen LogP contribution >= 0.6 is 0 Å². The third-order valence-electron chi connectivity index (χ3n) is 2.71. The molecule has 0 unspecified atom stereocenters. The van der Waals surface area contributed by atoms with E-state index >= 15 is 0 Å². The Balaban J connectivity index is 1.99. The predicted molar refractivity (Wildman–Crippen MR) is 60.7 cm³/mol. The van der Waals surface area contributed by atoms with Gasteiger partial charge in [-0.05, 0) is 37.1 Å². The lowest BCUT2D eigenvalue weighted by Crippen LogP contribution is -2.11. The zero-order valence-corrected chi connectivity index (χ0v) is 9.03. The lowest BCUT2D eigenvalue weighted by molar-refractivity contribution is 0.104. The molecule has 0 atom stereocenters. The Labute approximate surface area is 94.4 Å². The van der Waals surface area contributed by atoms with Crippen molar-refractivity contribution in [2.24, 2.45) is 0 Å². The lowest BCUT2D eigenvalue weighted by atomic mass is 10.1. The Hall–Kier alpha value is -1.64. The summed E-state index contributed by atoms with van der Waals surface area (Å²) in [4.78, 5) is 13.8. The third-order valence-corrected chi connectivity index (χ3v) is 2.71. The van der Waals surface area contributed by atoms with Gasteiger partial charge in [-0.2, -0.15) is 0 Å². The third kappa shape index (κ3) is 2.69. The van der Waals surface area contributed by atoms with Crippen LogP contribution in [-0.4, -0.2) is 23.8 Å². The minimum absolute atomic E-state index is 0.0769. The molecule has 1 saturated heterocycles. The number of carbonyl (C=O) groups excluding carboxylic acids is 1. The van der Waals surface area contributed by atoms with Crippen LogP contribution in [0.2, 0.25) is 0 Å². The van der Waals surface area contributed by atoms with E-state index < -0.39 is 0 Å². The highest BCUT2D eigenvalue weighted by Crippen LogP contribution is 2.09. The van der Waals surface area contributed by atoms with Gasteiger partial charge in [0.25, 0.3) is 0 Å². The minimum Gasteiger partial charge on any atom is -0.377 e. The van der Waals surface area contributed by atoms with Gasteiger partial charge in [-0.3, -0.25) is 4.79 Å². The van der Waals surface area contributed by atoms with Crippen LogP contribution in [0.15, 0.2) is 36.5 Å². The zero-order valence-electron chi connectivity index (χ0n) is 9.03. The smallest absolute Gasteiger partial charge is 0.187 e. The molecule has 0 aliphatic carbocycles. The number of likely N-dealkylation sites (tertiary alicyclic amines) is 1. The standard InChI is InChI=1S/C13H14FNO/c14-12-5-3-11(4-6-12)13(16)7-10-15-8-1-2-9-15/h3-7,10H,1-2,8-9H2. The van der Waals surface area contributed by atoms with Crippen LogP contribution in [0.5, 0.6) is 0 Å². The summed E-state index contributed by atoms with van der Waals surface area (Å²) in [6, 6.07) is 5.62. The van der Waals surface area contributed by atoms with Crippen molar-refractivity contribution >= 4 is 5.78 Å². The fraction of sp³-hybridized carbons (Fsp3) is 0.308. The van der Waals surface area contributed by atoms with Crippen LogP contribution < -0.4 is 0 Å². The second-order valence-corrected chi connectivity index (χ2v) is 3.93. The van der Waals surface area contributed by atoms with Crippen LogP contribution in [-0.2, 0) is 0 Å². The molecule has 0 saturated carbocycles. The normalized spacial score (nSPS) is 15.9. The molecule has 0 N–H and O–H groups in total. The zero-order chi connectivity index (χ0) is 11.4. The molecular formula is C13H14FNO. The first kappa shape index (κ1) is 10.9. The summed E-state index contributed by atoms with van der Waals surface area (Å²) in [5.74, 6) is -0.396. The second kappa shape index (κ2) is 4.92. The number of halogens is 1. The molecule has 84 valence electrons. The van der Waals surface area contributed by atoms with Gasteiger partial charge in [0.15, 0.2) is 5.78 Å². The molecule has 1 fully saturated rings. The van der Waals surface area contributed by atoms with Gasteiger partial charge in [0.2, 0.25) is 0 Å². The van der Waals surface area contributed by atoms with Gasteiger partial charge in [0.05, 0.1) is 0 Å². The predicted octanol–water partition coefficient (Wildman–Crippen LogP) is 2.62. The van der Waals surface area contributed by atoms with Gasteiger partial charge in [-0.25, -0.2) is 4.39 Å². The van der Waals surface area contributed by atoms with Crippen LogP contribution in [0, 0.1) is 5.82 Å². The highest BCUT2D eigenvalue weighted by atomic mass is 19.1. The van der Waals surface area contributed by atoms with Crippen LogP contribution in [0.4, 0.5) is 4.39 Å². The molecule has 1 aromatic carbocycles. The lowest BCUT2D eigenvalue weighted by Gasteiger charge is -2.09. The van der Waals surface area contributed by atoms with Crippen molar-refractivity contribution < 1.29 is 9.18 Å². The topological polar surface area (TPSA) is 20.3 Å². The summed E-state index contributed by atoms with van der Waals surface area (Å²) in [6.45, 7) is 2.04. The van der Waals surface area contributed by atoms with E-state index in [4.69, 9.17) is 0 Å². The fourth-order valence-electron chi connectivity index (χ4n) is 1.77. The molecule has 0 spiro atoms.